The molecule has 8 N–H and O–H groups in total. The van der Waals surface area contributed by atoms with Crippen molar-refractivity contribution in [1.29, 1.82) is 0 Å². The fourth-order valence-corrected chi connectivity index (χ4v) is 13.8. The SMILES string of the molecule is COC1C(CO)OC2OC3C(C(=O)O)OC(OC4C(CO)OC(OC5C(C(=O)O)OC(C)C6O[Si](C)(C)OC65)C(NC(C)=O)C4O)C(O)C3O[Si](C)(C)N(C(C)=O)C2C1O. The Bertz CT molecular complexity index is 1600. The molecule has 0 radical (unpaired) electrons. The van der Waals surface area contributed by atoms with E-state index in [9.17, 15) is 54.9 Å². The molecule has 0 aromatic carbocycles. The number of carboxylic acid groups (broad SMARTS) is 2. The highest BCUT2D eigenvalue weighted by Crippen LogP contribution is 2.42. The van der Waals surface area contributed by atoms with Crippen molar-refractivity contribution in [3.05, 3.63) is 0 Å². The summed E-state index contributed by atoms with van der Waals surface area (Å²) in [7, 11) is -5.21. The summed E-state index contributed by atoms with van der Waals surface area (Å²) in [6, 6.07) is -2.89. The van der Waals surface area contributed by atoms with Gasteiger partial charge in [-0.05, 0) is 33.1 Å². The first-order valence-electron chi connectivity index (χ1n) is 19.5. The van der Waals surface area contributed by atoms with E-state index < -0.39 is 177 Å². The molecule has 2 amide bonds. The number of carbonyl (C=O) groups is 4. The Balaban J connectivity index is 1.29. The molecule has 0 aliphatic carbocycles. The van der Waals surface area contributed by atoms with E-state index in [1.807, 2.05) is 0 Å². The Morgan fingerprint density at radius 1 is 0.683 bits per heavy atom. The molecular formula is C34H56N2O22Si2. The number of rotatable bonds is 10. The van der Waals surface area contributed by atoms with Crippen LogP contribution in [-0.2, 0) is 70.4 Å². The number of ether oxygens (including phenoxy) is 8. The number of carbonyl (C=O) groups excluding carboxylic acids is 2. The first-order chi connectivity index (χ1) is 28.0. The van der Waals surface area contributed by atoms with Crippen LogP contribution in [0.25, 0.3) is 0 Å². The Morgan fingerprint density at radius 2 is 1.28 bits per heavy atom. The van der Waals surface area contributed by atoms with Gasteiger partial charge in [-0.2, -0.15) is 0 Å². The Morgan fingerprint density at radius 3 is 1.85 bits per heavy atom. The van der Waals surface area contributed by atoms with Crippen molar-refractivity contribution < 1.29 is 106 Å². The molecule has 24 nitrogen and oxygen atoms in total. The molecule has 6 heterocycles. The monoisotopic (exact) mass is 900 g/mol. The van der Waals surface area contributed by atoms with Crippen molar-refractivity contribution in [2.24, 2.45) is 0 Å². The zero-order chi connectivity index (χ0) is 44.3. The maximum atomic E-state index is 13.3. The van der Waals surface area contributed by atoms with Crippen LogP contribution in [-0.4, -0.2) is 224 Å². The number of carboxylic acids is 2. The highest BCUT2D eigenvalue weighted by atomic mass is 28.4. The molecule has 0 aromatic heterocycles. The van der Waals surface area contributed by atoms with Gasteiger partial charge in [0.25, 0.3) is 8.48 Å². The molecule has 6 saturated heterocycles. The van der Waals surface area contributed by atoms with Crippen LogP contribution in [0.4, 0.5) is 0 Å². The van der Waals surface area contributed by atoms with Crippen molar-refractivity contribution in [1.82, 2.24) is 9.88 Å². The minimum absolute atomic E-state index is 0.598. The molecule has 20 unspecified atom stereocenters. The predicted octanol–water partition coefficient (Wildman–Crippen LogP) is -4.34. The van der Waals surface area contributed by atoms with Crippen molar-refractivity contribution in [3.63, 3.8) is 0 Å². The molecule has 0 saturated carbocycles. The van der Waals surface area contributed by atoms with Crippen LogP contribution in [0.2, 0.25) is 26.2 Å². The Labute approximate surface area is 346 Å². The van der Waals surface area contributed by atoms with Crippen LogP contribution in [0.3, 0.4) is 0 Å². The molecule has 342 valence electrons. The average Bonchev–Trinajstić information content (AvgIpc) is 3.49. The van der Waals surface area contributed by atoms with E-state index in [2.05, 4.69) is 5.32 Å². The lowest BCUT2D eigenvalue weighted by molar-refractivity contribution is -0.371. The summed E-state index contributed by atoms with van der Waals surface area (Å²) in [5.74, 6) is -4.35. The number of aliphatic hydroxyl groups excluding tert-OH is 5. The molecular weight excluding hydrogens is 845 g/mol. The van der Waals surface area contributed by atoms with Gasteiger partial charge in [-0.15, -0.1) is 0 Å². The average molecular weight is 901 g/mol. The second-order valence-corrected chi connectivity index (χ2v) is 23.4. The van der Waals surface area contributed by atoms with Gasteiger partial charge < -0.3 is 96.8 Å². The van der Waals surface area contributed by atoms with Crippen molar-refractivity contribution in [2.45, 2.75) is 169 Å². The van der Waals surface area contributed by atoms with Gasteiger partial charge in [-0.25, -0.2) is 9.59 Å². The summed E-state index contributed by atoms with van der Waals surface area (Å²) in [5, 5.41) is 79.0. The number of nitrogens with one attached hydrogen (secondary N) is 1. The molecule has 60 heavy (non-hydrogen) atoms. The number of fused-ring (bicyclic) bond motifs is 3. The van der Waals surface area contributed by atoms with Gasteiger partial charge >= 0.3 is 20.5 Å². The standard InChI is InChI=1S/C34H56N2O22Si2/c1-11-21-27(58-60(7,8)57-21)26(28(49-11)30(44)45)53-32-16(35-12(2)39)18(41)23(15(10-38)50-32)52-34-20(43)24-25(29(55-34)31(46)47)54-33-17(36(13(3)40)59(5,6)56-24)19(42)22(48-4)14(9-37)51-33/h11,14-29,32-34,37-38,41-43H,9-10H2,1-8H3,(H,35,39)(H,44,45)(H,46,47). The van der Waals surface area contributed by atoms with E-state index in [-0.39, 0.29) is 0 Å². The van der Waals surface area contributed by atoms with Gasteiger partial charge in [0.1, 0.15) is 85.3 Å². The Hall–Kier alpha value is -2.33. The summed E-state index contributed by atoms with van der Waals surface area (Å²) >= 11 is 0. The van der Waals surface area contributed by atoms with Gasteiger partial charge in [-0.3, -0.25) is 9.59 Å². The zero-order valence-electron chi connectivity index (χ0n) is 34.2. The van der Waals surface area contributed by atoms with E-state index >= 15 is 0 Å². The molecule has 0 bridgehead atoms. The summed E-state index contributed by atoms with van der Waals surface area (Å²) in [6.07, 6.45) is -27.1. The molecule has 6 aliphatic rings. The first-order valence-corrected chi connectivity index (χ1v) is 25.2. The molecule has 6 fully saturated rings. The topological polar surface area (TPSA) is 327 Å². The minimum Gasteiger partial charge on any atom is -0.479 e. The summed E-state index contributed by atoms with van der Waals surface area (Å²) in [5.41, 5.74) is 0. The fraction of sp³-hybridized carbons (Fsp3) is 0.882. The van der Waals surface area contributed by atoms with E-state index in [1.54, 1.807) is 33.1 Å². The van der Waals surface area contributed by atoms with Crippen LogP contribution >= 0.6 is 0 Å². The minimum atomic E-state index is -3.68. The second kappa shape index (κ2) is 18.0. The third-order valence-electron chi connectivity index (χ3n) is 11.4. The van der Waals surface area contributed by atoms with Gasteiger partial charge in [0.15, 0.2) is 31.1 Å². The van der Waals surface area contributed by atoms with E-state index in [0.717, 1.165) is 6.92 Å². The van der Waals surface area contributed by atoms with Gasteiger partial charge in [0.2, 0.25) is 11.8 Å². The molecule has 20 atom stereocenters. The third-order valence-corrected chi connectivity index (χ3v) is 15.7. The summed E-state index contributed by atoms with van der Waals surface area (Å²) in [6.45, 7) is 8.98. The molecule has 6 aliphatic heterocycles. The number of amides is 2. The highest BCUT2D eigenvalue weighted by molar-refractivity contribution is 6.70. The van der Waals surface area contributed by atoms with Crippen LogP contribution in [0.5, 0.6) is 0 Å². The predicted molar refractivity (Wildman–Crippen MR) is 197 cm³/mol. The zero-order valence-corrected chi connectivity index (χ0v) is 36.2. The fourth-order valence-electron chi connectivity index (χ4n) is 9.03. The van der Waals surface area contributed by atoms with Crippen LogP contribution in [0.1, 0.15) is 20.8 Å². The maximum absolute atomic E-state index is 13.3. The van der Waals surface area contributed by atoms with Gasteiger partial charge in [-0.1, -0.05) is 0 Å². The maximum Gasteiger partial charge on any atom is 0.335 e. The normalized spacial score (nSPS) is 46.2. The number of methoxy groups -OCH3 is 1. The van der Waals surface area contributed by atoms with E-state index in [4.69, 9.17) is 51.2 Å². The van der Waals surface area contributed by atoms with Crippen molar-refractivity contribution in [2.75, 3.05) is 20.3 Å². The summed E-state index contributed by atoms with van der Waals surface area (Å²) in [4.78, 5) is 51.1. The van der Waals surface area contributed by atoms with Crippen LogP contribution in [0.15, 0.2) is 0 Å². The largest absolute Gasteiger partial charge is 0.479 e. The number of nitrogens with zero attached hydrogens (tertiary/aromatic N) is 1. The van der Waals surface area contributed by atoms with Gasteiger partial charge in [0.05, 0.1) is 19.3 Å². The van der Waals surface area contributed by atoms with E-state index in [1.165, 1.54) is 18.6 Å². The van der Waals surface area contributed by atoms with E-state index in [0.29, 0.717) is 0 Å². The number of aliphatic hydroxyl groups is 5. The lowest BCUT2D eigenvalue weighted by atomic mass is 9.93. The number of aliphatic carboxylic acids is 2. The van der Waals surface area contributed by atoms with Crippen LogP contribution in [0, 0.1) is 0 Å². The van der Waals surface area contributed by atoms with Crippen molar-refractivity contribution >= 4 is 40.8 Å². The smallest absolute Gasteiger partial charge is 0.335 e. The molecule has 6 rings (SSSR count). The molecule has 26 heteroatoms. The number of hydrogen-bond acceptors (Lipinski definition) is 20. The quantitative estimate of drug-likeness (QED) is 0.0961. The third kappa shape index (κ3) is 8.91. The summed E-state index contributed by atoms with van der Waals surface area (Å²) < 4.78 is 67.2. The number of hydrogen-bond donors (Lipinski definition) is 8. The van der Waals surface area contributed by atoms with Crippen LogP contribution < -0.4 is 5.32 Å². The molecule has 0 aromatic rings. The molecule has 0 spiro atoms. The highest BCUT2D eigenvalue weighted by Gasteiger charge is 2.63. The van der Waals surface area contributed by atoms with Crippen molar-refractivity contribution in [3.8, 4) is 0 Å². The lowest BCUT2D eigenvalue weighted by Gasteiger charge is -2.56. The first kappa shape index (κ1) is 47.2. The van der Waals surface area contributed by atoms with Gasteiger partial charge in [0, 0.05) is 21.0 Å². The lowest BCUT2D eigenvalue weighted by Crippen LogP contribution is -2.76. The Kier molecular flexibility index (Phi) is 14.2. The second-order valence-electron chi connectivity index (χ2n) is 16.5.